The van der Waals surface area contributed by atoms with Crippen LogP contribution < -0.4 is 0 Å². The van der Waals surface area contributed by atoms with Crippen molar-refractivity contribution in [2.24, 2.45) is 0 Å². The molecule has 0 aliphatic carbocycles. The van der Waals surface area contributed by atoms with Crippen LogP contribution in [-0.4, -0.2) is 54.8 Å². The van der Waals surface area contributed by atoms with Crippen LogP contribution in [0, 0.1) is 0 Å². The summed E-state index contributed by atoms with van der Waals surface area (Å²) in [6.07, 6.45) is 10.5. The minimum atomic E-state index is -0.714. The van der Waals surface area contributed by atoms with Gasteiger partial charge in [-0.25, -0.2) is 0 Å². The van der Waals surface area contributed by atoms with E-state index in [-0.39, 0.29) is 6.42 Å². The Labute approximate surface area is 107 Å². The first-order valence-corrected chi connectivity index (χ1v) is 6.87. The summed E-state index contributed by atoms with van der Waals surface area (Å²) in [6.45, 7) is 2.80. The van der Waals surface area contributed by atoms with Gasteiger partial charge in [0.25, 0.3) is 0 Å². The first-order chi connectivity index (χ1) is 8.20. The Kier molecular flexibility index (Phi) is 10.9. The average molecular weight is 259 g/mol. The van der Waals surface area contributed by atoms with E-state index >= 15 is 0 Å². The van der Waals surface area contributed by atoms with Crippen LogP contribution in [0.5, 0.6) is 0 Å². The van der Waals surface area contributed by atoms with Gasteiger partial charge in [-0.2, -0.15) is 11.8 Å². The molecule has 0 aromatic carbocycles. The van der Waals surface area contributed by atoms with Gasteiger partial charge in [-0.05, 0) is 18.5 Å². The topological polar surface area (TPSA) is 49.8 Å². The van der Waals surface area contributed by atoms with Crippen molar-refractivity contribution < 1.29 is 14.6 Å². The fourth-order valence-electron chi connectivity index (χ4n) is 1.07. The molecule has 0 unspecified atom stereocenters. The molecule has 1 heterocycles. The van der Waals surface area contributed by atoms with Crippen LogP contribution >= 0.6 is 11.8 Å². The lowest BCUT2D eigenvalue weighted by molar-refractivity contribution is -0.136. The molecule has 4 nitrogen and oxygen atoms in total. The zero-order chi connectivity index (χ0) is 12.9. The van der Waals surface area contributed by atoms with E-state index in [9.17, 15) is 4.79 Å². The lowest BCUT2D eigenvalue weighted by Gasteiger charge is -2.19. The number of hydrogen-bond acceptors (Lipinski definition) is 4. The highest BCUT2D eigenvalue weighted by Crippen LogP contribution is 1.96. The van der Waals surface area contributed by atoms with Gasteiger partial charge >= 0.3 is 5.97 Å². The van der Waals surface area contributed by atoms with Crippen molar-refractivity contribution in [3.63, 3.8) is 0 Å². The van der Waals surface area contributed by atoms with E-state index in [0.29, 0.717) is 0 Å². The molecule has 0 saturated carbocycles. The number of carbonyl (C=O) groups is 1. The second kappa shape index (κ2) is 11.5. The number of allylic oxidation sites excluding steroid dienone is 2. The third-order valence-electron chi connectivity index (χ3n) is 1.99. The number of hydrogen-bond donors (Lipinski definition) is 1. The first kappa shape index (κ1) is 16.1. The van der Waals surface area contributed by atoms with Crippen molar-refractivity contribution in [3.8, 4) is 0 Å². The second-order valence-electron chi connectivity index (χ2n) is 3.39. The van der Waals surface area contributed by atoms with E-state index in [2.05, 4.69) is 23.3 Å². The summed E-state index contributed by atoms with van der Waals surface area (Å²) in [7, 11) is 1.73. The fourth-order valence-corrected chi connectivity index (χ4v) is 1.45. The third kappa shape index (κ3) is 11.3. The number of carboxylic acids is 1. The summed E-state index contributed by atoms with van der Waals surface area (Å²) < 4.78 is 4.94. The zero-order valence-corrected chi connectivity index (χ0v) is 11.3. The summed E-state index contributed by atoms with van der Waals surface area (Å²) in [6, 6.07) is 0. The molecule has 0 bridgehead atoms. The van der Waals surface area contributed by atoms with E-state index in [1.54, 1.807) is 18.9 Å². The zero-order valence-electron chi connectivity index (χ0n) is 10.5. The Morgan fingerprint density at radius 2 is 2.29 bits per heavy atom. The van der Waals surface area contributed by atoms with Gasteiger partial charge in [0.15, 0.2) is 0 Å². The maximum absolute atomic E-state index is 9.74. The van der Waals surface area contributed by atoms with E-state index in [4.69, 9.17) is 9.84 Å². The molecule has 0 amide bonds. The predicted molar refractivity (Wildman–Crippen MR) is 72.4 cm³/mol. The minimum absolute atomic E-state index is 0.279. The number of aliphatic carboxylic acids is 1. The van der Waals surface area contributed by atoms with Gasteiger partial charge in [0.05, 0.1) is 13.0 Å². The number of methoxy groups -OCH3 is 1. The Hall–Kier alpha value is -0.940. The predicted octanol–water partition coefficient (Wildman–Crippen LogP) is 1.84. The first-order valence-electron chi connectivity index (χ1n) is 5.47. The van der Waals surface area contributed by atoms with Crippen molar-refractivity contribution in [3.05, 3.63) is 24.4 Å². The van der Waals surface area contributed by atoms with Crippen LogP contribution in [0.4, 0.5) is 0 Å². The Morgan fingerprint density at radius 1 is 1.53 bits per heavy atom. The largest absolute Gasteiger partial charge is 0.481 e. The molecule has 98 valence electrons. The molecular weight excluding hydrogens is 238 g/mol. The molecule has 1 rings (SSSR count). The van der Waals surface area contributed by atoms with E-state index in [1.807, 2.05) is 12.3 Å². The van der Waals surface area contributed by atoms with Crippen molar-refractivity contribution in [1.29, 1.82) is 0 Å². The molecular formula is C12H21NO3S. The van der Waals surface area contributed by atoms with Gasteiger partial charge in [0, 0.05) is 26.0 Å². The Morgan fingerprint density at radius 3 is 2.71 bits per heavy atom. The maximum Gasteiger partial charge on any atom is 0.304 e. The summed E-state index contributed by atoms with van der Waals surface area (Å²) >= 11 is 1.55. The summed E-state index contributed by atoms with van der Waals surface area (Å²) in [5.41, 5.74) is 0. The molecule has 1 aliphatic rings. The van der Waals surface area contributed by atoms with E-state index in [1.165, 1.54) is 0 Å². The van der Waals surface area contributed by atoms with Crippen LogP contribution in [-0.2, 0) is 9.53 Å². The highest BCUT2D eigenvalue weighted by atomic mass is 32.2. The lowest BCUT2D eigenvalue weighted by atomic mass is 10.3. The SMILES string of the molecule is COCCN1C=CC=CC1.CSCCC(=O)O. The molecule has 0 saturated heterocycles. The van der Waals surface area contributed by atoms with Gasteiger partial charge in [-0.15, -0.1) is 0 Å². The van der Waals surface area contributed by atoms with Crippen molar-refractivity contribution in [2.45, 2.75) is 6.42 Å². The van der Waals surface area contributed by atoms with Crippen LogP contribution in [0.25, 0.3) is 0 Å². The van der Waals surface area contributed by atoms with Gasteiger partial charge in [0.2, 0.25) is 0 Å². The fraction of sp³-hybridized carbons (Fsp3) is 0.583. The minimum Gasteiger partial charge on any atom is -0.481 e. The molecule has 0 aromatic rings. The van der Waals surface area contributed by atoms with Crippen LogP contribution in [0.1, 0.15) is 6.42 Å². The molecule has 1 aliphatic heterocycles. The summed E-state index contributed by atoms with van der Waals surface area (Å²) in [4.78, 5) is 12.0. The molecule has 5 heteroatoms. The van der Waals surface area contributed by atoms with Crippen LogP contribution in [0.15, 0.2) is 24.4 Å². The molecule has 17 heavy (non-hydrogen) atoms. The monoisotopic (exact) mass is 259 g/mol. The maximum atomic E-state index is 9.74. The molecule has 0 aromatic heterocycles. The number of carboxylic acid groups (broad SMARTS) is 1. The second-order valence-corrected chi connectivity index (χ2v) is 4.38. The lowest BCUT2D eigenvalue weighted by Crippen LogP contribution is -2.22. The van der Waals surface area contributed by atoms with E-state index in [0.717, 1.165) is 25.4 Å². The van der Waals surface area contributed by atoms with Gasteiger partial charge in [0.1, 0.15) is 0 Å². The Bertz CT molecular complexity index is 254. The van der Waals surface area contributed by atoms with Gasteiger partial charge in [-0.1, -0.05) is 12.2 Å². The quantitative estimate of drug-likeness (QED) is 0.789. The number of ether oxygens (including phenoxy) is 1. The summed E-state index contributed by atoms with van der Waals surface area (Å²) in [5, 5.41) is 8.03. The molecule has 0 radical (unpaired) electrons. The smallest absolute Gasteiger partial charge is 0.304 e. The number of nitrogens with zero attached hydrogens (tertiary/aromatic N) is 1. The van der Waals surface area contributed by atoms with Gasteiger partial charge < -0.3 is 14.7 Å². The van der Waals surface area contributed by atoms with Crippen LogP contribution in [0.3, 0.4) is 0 Å². The van der Waals surface area contributed by atoms with Crippen molar-refractivity contribution in [2.75, 3.05) is 38.8 Å². The highest BCUT2D eigenvalue weighted by molar-refractivity contribution is 7.98. The average Bonchev–Trinajstić information content (AvgIpc) is 2.36. The van der Waals surface area contributed by atoms with E-state index < -0.39 is 5.97 Å². The number of thioether (sulfide) groups is 1. The normalized spacial score (nSPS) is 13.2. The molecule has 0 atom stereocenters. The summed E-state index contributed by atoms with van der Waals surface area (Å²) in [5.74, 6) is 0.00403. The van der Waals surface area contributed by atoms with Crippen molar-refractivity contribution >= 4 is 17.7 Å². The third-order valence-corrected chi connectivity index (χ3v) is 2.60. The van der Waals surface area contributed by atoms with Crippen LogP contribution in [0.2, 0.25) is 0 Å². The van der Waals surface area contributed by atoms with Gasteiger partial charge in [-0.3, -0.25) is 4.79 Å². The van der Waals surface area contributed by atoms with Crippen molar-refractivity contribution in [1.82, 2.24) is 4.90 Å². The highest BCUT2D eigenvalue weighted by Gasteiger charge is 1.96. The molecule has 1 N–H and O–H groups in total. The molecule has 0 fully saturated rings. The molecule has 0 spiro atoms. The number of rotatable bonds is 6. The Balaban J connectivity index is 0.000000325. The standard InChI is InChI=1S/C8H13NO.C4H8O2S/c1-10-8-7-9-5-3-2-4-6-9;1-7-3-2-4(5)6/h2-5H,6-8H2,1H3;2-3H2,1H3,(H,5,6).